The van der Waals surface area contributed by atoms with Crippen molar-refractivity contribution < 1.29 is 9.59 Å². The van der Waals surface area contributed by atoms with Crippen LogP contribution >= 0.6 is 0 Å². The average molecular weight is 382 g/mol. The highest BCUT2D eigenvalue weighted by molar-refractivity contribution is 6.22. The van der Waals surface area contributed by atoms with Gasteiger partial charge in [-0.15, -0.1) is 13.2 Å². The second kappa shape index (κ2) is 6.05. The van der Waals surface area contributed by atoms with Crippen LogP contribution in [0.1, 0.15) is 28.8 Å². The zero-order chi connectivity index (χ0) is 20.2. The summed E-state index contributed by atoms with van der Waals surface area (Å²) in [6.45, 7) is 8.19. The summed E-state index contributed by atoms with van der Waals surface area (Å²) in [6.07, 6.45) is 8.33. The normalized spacial score (nSPS) is 26.5. The fourth-order valence-corrected chi connectivity index (χ4v) is 5.53. The maximum Gasteiger partial charge on any atom is 0.241 e. The molecule has 3 aliphatic heterocycles. The summed E-state index contributed by atoms with van der Waals surface area (Å²) >= 11 is 0. The van der Waals surface area contributed by atoms with Gasteiger partial charge in [0.1, 0.15) is 11.0 Å². The third-order valence-electron chi connectivity index (χ3n) is 6.60. The minimum absolute atomic E-state index is 0.0130. The number of nitrogens with zero attached hydrogens (tertiary/aromatic N) is 2. The number of amides is 1. The van der Waals surface area contributed by atoms with Crippen molar-refractivity contribution in [2.75, 3.05) is 16.3 Å². The molecule has 0 bridgehead atoms. The van der Waals surface area contributed by atoms with Crippen LogP contribution in [0.3, 0.4) is 0 Å². The van der Waals surface area contributed by atoms with Crippen molar-refractivity contribution in [3.05, 3.63) is 97.2 Å². The van der Waals surface area contributed by atoms with Gasteiger partial charge in [0.15, 0.2) is 5.78 Å². The van der Waals surface area contributed by atoms with Gasteiger partial charge in [0, 0.05) is 24.0 Å². The molecule has 0 saturated carbocycles. The van der Waals surface area contributed by atoms with Crippen molar-refractivity contribution >= 4 is 23.1 Å². The minimum atomic E-state index is -1.06. The first kappa shape index (κ1) is 17.7. The summed E-state index contributed by atoms with van der Waals surface area (Å²) in [4.78, 5) is 31.9. The van der Waals surface area contributed by atoms with E-state index in [2.05, 4.69) is 13.2 Å². The zero-order valence-corrected chi connectivity index (χ0v) is 16.2. The number of carbonyl (C=O) groups is 2. The third kappa shape index (κ3) is 1.89. The van der Waals surface area contributed by atoms with Crippen LogP contribution in [0.25, 0.3) is 0 Å². The first-order valence-corrected chi connectivity index (χ1v) is 9.86. The van der Waals surface area contributed by atoms with E-state index in [4.69, 9.17) is 0 Å². The van der Waals surface area contributed by atoms with Crippen molar-refractivity contribution in [3.8, 4) is 0 Å². The van der Waals surface area contributed by atoms with E-state index in [9.17, 15) is 9.59 Å². The third-order valence-corrected chi connectivity index (χ3v) is 6.60. The minimum Gasteiger partial charge on any atom is -0.332 e. The Morgan fingerprint density at radius 3 is 2.45 bits per heavy atom. The second-order valence-corrected chi connectivity index (χ2v) is 7.79. The van der Waals surface area contributed by atoms with E-state index in [1.807, 2.05) is 65.7 Å². The highest BCUT2D eigenvalue weighted by Gasteiger charge is 2.70. The van der Waals surface area contributed by atoms with Crippen LogP contribution in [-0.4, -0.2) is 23.8 Å². The topological polar surface area (TPSA) is 40.6 Å². The van der Waals surface area contributed by atoms with E-state index in [1.54, 1.807) is 17.1 Å². The van der Waals surface area contributed by atoms with Crippen LogP contribution in [0, 0.1) is 0 Å². The van der Waals surface area contributed by atoms with Crippen LogP contribution in [0.2, 0.25) is 0 Å². The highest BCUT2D eigenvalue weighted by Crippen LogP contribution is 2.60. The Labute approximate surface area is 170 Å². The molecular formula is C25H22N2O2. The van der Waals surface area contributed by atoms with Gasteiger partial charge in [-0.3, -0.25) is 9.59 Å². The van der Waals surface area contributed by atoms with Gasteiger partial charge in [-0.05, 0) is 36.6 Å². The first-order chi connectivity index (χ1) is 14.1. The molecule has 1 amide bonds. The summed E-state index contributed by atoms with van der Waals surface area (Å²) < 4.78 is 0. The van der Waals surface area contributed by atoms with Crippen LogP contribution in [-0.2, 0) is 10.2 Å². The maximum atomic E-state index is 14.1. The molecule has 2 atom stereocenters. The number of anilines is 2. The molecule has 2 aromatic carbocycles. The van der Waals surface area contributed by atoms with E-state index in [1.165, 1.54) is 0 Å². The first-order valence-electron chi connectivity index (χ1n) is 9.86. The Balaban J connectivity index is 1.85. The number of Topliss-reactive ketones (excluding diaryl/α,β-unsaturated/α-hetero) is 1. The van der Waals surface area contributed by atoms with Crippen LogP contribution < -0.4 is 9.80 Å². The number of hydrogen-bond acceptors (Lipinski definition) is 3. The lowest BCUT2D eigenvalue weighted by molar-refractivity contribution is -0.125. The largest absolute Gasteiger partial charge is 0.332 e. The number of benzene rings is 2. The molecule has 1 spiro atoms. The van der Waals surface area contributed by atoms with E-state index in [0.717, 1.165) is 16.9 Å². The lowest BCUT2D eigenvalue weighted by Crippen LogP contribution is -2.67. The van der Waals surface area contributed by atoms with Gasteiger partial charge in [0.25, 0.3) is 0 Å². The average Bonchev–Trinajstić information content (AvgIpc) is 3.14. The number of rotatable bonds is 4. The number of allylic oxidation sites excluding steroid dienone is 1. The molecular weight excluding hydrogens is 360 g/mol. The Morgan fingerprint density at radius 2 is 1.69 bits per heavy atom. The van der Waals surface area contributed by atoms with Gasteiger partial charge in [-0.25, -0.2) is 0 Å². The molecule has 3 aliphatic rings. The summed E-state index contributed by atoms with van der Waals surface area (Å²) in [7, 11) is 0. The lowest BCUT2D eigenvalue weighted by atomic mass is 9.59. The standard InChI is InChI=1S/C25H22N2O2/c1-3-14-25-22(28)18-10-5-7-12-20(18)27(25)17-9-15-24(25)19-11-6-8-13-21(19)26(16-4-2)23(24)29/h3-13,17H,1-2,14-16H2. The molecule has 0 aliphatic carbocycles. The van der Waals surface area contributed by atoms with Crippen molar-refractivity contribution in [1.82, 2.24) is 0 Å². The Kier molecular flexibility index (Phi) is 3.69. The van der Waals surface area contributed by atoms with E-state index in [-0.39, 0.29) is 11.7 Å². The van der Waals surface area contributed by atoms with E-state index < -0.39 is 11.0 Å². The number of carbonyl (C=O) groups excluding carboxylic acids is 2. The van der Waals surface area contributed by atoms with Crippen molar-refractivity contribution in [1.29, 1.82) is 0 Å². The van der Waals surface area contributed by atoms with Gasteiger partial charge in [-0.2, -0.15) is 0 Å². The maximum absolute atomic E-state index is 14.1. The molecule has 2 unspecified atom stereocenters. The SMILES string of the molecule is C=CCN1C(=O)C2(CC=CN3c4ccccc4C(=O)C32CC=C)c2ccccc21. The van der Waals surface area contributed by atoms with Crippen LogP contribution in [0.15, 0.2) is 86.1 Å². The summed E-state index contributed by atoms with van der Waals surface area (Å²) in [5.74, 6) is -0.0584. The van der Waals surface area contributed by atoms with Gasteiger partial charge >= 0.3 is 0 Å². The zero-order valence-electron chi connectivity index (χ0n) is 16.2. The lowest BCUT2D eigenvalue weighted by Gasteiger charge is -2.50. The predicted molar refractivity (Wildman–Crippen MR) is 115 cm³/mol. The van der Waals surface area contributed by atoms with Gasteiger partial charge in [0.05, 0.1) is 5.69 Å². The van der Waals surface area contributed by atoms with Gasteiger partial charge in [-0.1, -0.05) is 48.6 Å². The monoisotopic (exact) mass is 382 g/mol. The second-order valence-electron chi connectivity index (χ2n) is 7.79. The molecule has 2 aromatic rings. The van der Waals surface area contributed by atoms with Gasteiger partial charge < -0.3 is 9.80 Å². The molecule has 0 N–H and O–H groups in total. The van der Waals surface area contributed by atoms with E-state index >= 15 is 0 Å². The predicted octanol–water partition coefficient (Wildman–Crippen LogP) is 4.39. The molecule has 0 radical (unpaired) electrons. The van der Waals surface area contributed by atoms with Gasteiger partial charge in [0.2, 0.25) is 5.91 Å². The molecule has 3 heterocycles. The molecule has 4 nitrogen and oxygen atoms in total. The summed E-state index contributed by atoms with van der Waals surface area (Å²) in [5, 5.41) is 0. The number of para-hydroxylation sites is 2. The van der Waals surface area contributed by atoms with Crippen LogP contribution in [0.5, 0.6) is 0 Å². The number of hydrogen-bond donors (Lipinski definition) is 0. The smallest absolute Gasteiger partial charge is 0.241 e. The molecule has 0 aromatic heterocycles. The Hall–Kier alpha value is -3.40. The number of fused-ring (bicyclic) bond motifs is 6. The molecule has 29 heavy (non-hydrogen) atoms. The highest BCUT2D eigenvalue weighted by atomic mass is 16.2. The van der Waals surface area contributed by atoms with Crippen molar-refractivity contribution in [2.24, 2.45) is 0 Å². The molecule has 5 rings (SSSR count). The fraction of sp³-hybridized carbons (Fsp3) is 0.200. The van der Waals surface area contributed by atoms with Crippen molar-refractivity contribution in [3.63, 3.8) is 0 Å². The Morgan fingerprint density at radius 1 is 0.966 bits per heavy atom. The molecule has 0 saturated heterocycles. The van der Waals surface area contributed by atoms with Crippen LogP contribution in [0.4, 0.5) is 11.4 Å². The van der Waals surface area contributed by atoms with E-state index in [0.29, 0.717) is 24.9 Å². The van der Waals surface area contributed by atoms with Crippen molar-refractivity contribution in [2.45, 2.75) is 23.8 Å². The number of ketones is 1. The Bertz CT molecular complexity index is 1100. The molecule has 144 valence electrons. The molecule has 4 heteroatoms. The summed E-state index contributed by atoms with van der Waals surface area (Å²) in [5.41, 5.74) is 1.21. The fourth-order valence-electron chi connectivity index (χ4n) is 5.53. The summed E-state index contributed by atoms with van der Waals surface area (Å²) in [6, 6.07) is 15.5. The quantitative estimate of drug-likeness (QED) is 0.737. The molecule has 0 fully saturated rings.